The van der Waals surface area contributed by atoms with Gasteiger partial charge in [-0.1, -0.05) is 30.3 Å². The molecule has 1 N–H and O–H groups in total. The summed E-state index contributed by atoms with van der Waals surface area (Å²) in [4.78, 5) is 50.9. The van der Waals surface area contributed by atoms with Crippen molar-refractivity contribution in [1.82, 2.24) is 9.80 Å². The van der Waals surface area contributed by atoms with Gasteiger partial charge < -0.3 is 10.0 Å². The molecule has 0 saturated carbocycles. The maximum Gasteiger partial charge on any atom is 0.326 e. The molecule has 0 aliphatic carbocycles. The summed E-state index contributed by atoms with van der Waals surface area (Å²) < 4.78 is 0. The van der Waals surface area contributed by atoms with Crippen LogP contribution in [0.25, 0.3) is 6.08 Å². The Hall–Kier alpha value is -2.61. The van der Waals surface area contributed by atoms with Crippen LogP contribution in [0.2, 0.25) is 0 Å². The van der Waals surface area contributed by atoms with E-state index in [-0.39, 0.29) is 4.91 Å². The first-order chi connectivity index (χ1) is 12.5. The molecule has 3 amide bonds. The van der Waals surface area contributed by atoms with Crippen LogP contribution in [-0.2, 0) is 14.4 Å². The number of hydrogen-bond donors (Lipinski definition) is 1. The Balaban J connectivity index is 1.72. The zero-order valence-corrected chi connectivity index (χ0v) is 14.8. The van der Waals surface area contributed by atoms with E-state index in [2.05, 4.69) is 0 Å². The second-order valence-corrected chi connectivity index (χ2v) is 7.11. The standard InChI is InChI=1S/C18H18N2O5S/c21-15(19-9-5-4-8-13(19)17(23)24)11-20-16(22)14(26-18(20)25)10-12-6-2-1-3-7-12/h1-3,6-7,10,13H,4-5,8-9,11H2,(H,23,24)/b14-10+. The highest BCUT2D eigenvalue weighted by Gasteiger charge is 2.39. The fourth-order valence-electron chi connectivity index (χ4n) is 3.05. The van der Waals surface area contributed by atoms with E-state index < -0.39 is 35.6 Å². The number of likely N-dealkylation sites (tertiary alicyclic amines) is 1. The maximum atomic E-state index is 12.5. The molecule has 1 atom stereocenters. The zero-order chi connectivity index (χ0) is 18.7. The highest BCUT2D eigenvalue weighted by molar-refractivity contribution is 8.18. The van der Waals surface area contributed by atoms with E-state index in [1.165, 1.54) is 4.90 Å². The van der Waals surface area contributed by atoms with Crippen LogP contribution in [0.3, 0.4) is 0 Å². The third kappa shape index (κ3) is 3.80. The third-order valence-electron chi connectivity index (χ3n) is 4.37. The smallest absolute Gasteiger partial charge is 0.326 e. The quantitative estimate of drug-likeness (QED) is 0.812. The number of carbonyl (C=O) groups excluding carboxylic acids is 3. The molecular formula is C18H18N2O5S. The summed E-state index contributed by atoms with van der Waals surface area (Å²) in [6, 6.07) is 8.22. The van der Waals surface area contributed by atoms with E-state index in [1.807, 2.05) is 30.3 Å². The van der Waals surface area contributed by atoms with Crippen molar-refractivity contribution in [2.75, 3.05) is 13.1 Å². The van der Waals surface area contributed by atoms with Crippen molar-refractivity contribution < 1.29 is 24.3 Å². The maximum absolute atomic E-state index is 12.5. The lowest BCUT2D eigenvalue weighted by molar-refractivity contribution is -0.152. The Kier molecular flexibility index (Phi) is 5.41. The van der Waals surface area contributed by atoms with Crippen molar-refractivity contribution in [1.29, 1.82) is 0 Å². The van der Waals surface area contributed by atoms with Gasteiger partial charge in [-0.25, -0.2) is 4.79 Å². The van der Waals surface area contributed by atoms with Gasteiger partial charge in [-0.05, 0) is 42.7 Å². The third-order valence-corrected chi connectivity index (χ3v) is 5.28. The van der Waals surface area contributed by atoms with Crippen molar-refractivity contribution in [3.8, 4) is 0 Å². The molecular weight excluding hydrogens is 356 g/mol. The van der Waals surface area contributed by atoms with Gasteiger partial charge >= 0.3 is 5.97 Å². The van der Waals surface area contributed by atoms with E-state index in [4.69, 9.17) is 0 Å². The summed E-state index contributed by atoms with van der Waals surface area (Å²) in [6.07, 6.45) is 3.45. The average Bonchev–Trinajstić information content (AvgIpc) is 2.90. The van der Waals surface area contributed by atoms with E-state index in [0.717, 1.165) is 28.6 Å². The number of hydrogen-bond acceptors (Lipinski definition) is 5. The minimum Gasteiger partial charge on any atom is -0.480 e. The number of rotatable bonds is 4. The summed E-state index contributed by atoms with van der Waals surface area (Å²) in [7, 11) is 0. The first kappa shape index (κ1) is 18.2. The fraction of sp³-hybridized carbons (Fsp3) is 0.333. The van der Waals surface area contributed by atoms with Crippen LogP contribution < -0.4 is 0 Å². The van der Waals surface area contributed by atoms with Crippen LogP contribution in [0.5, 0.6) is 0 Å². The monoisotopic (exact) mass is 374 g/mol. The molecule has 0 spiro atoms. The Morgan fingerprint density at radius 3 is 2.62 bits per heavy atom. The number of imide groups is 1. The Morgan fingerprint density at radius 2 is 1.92 bits per heavy atom. The summed E-state index contributed by atoms with van der Waals surface area (Å²) in [5.74, 6) is -2.10. The number of nitrogens with zero attached hydrogens (tertiary/aromatic N) is 2. The van der Waals surface area contributed by atoms with Crippen molar-refractivity contribution in [3.63, 3.8) is 0 Å². The van der Waals surface area contributed by atoms with E-state index >= 15 is 0 Å². The molecule has 0 aromatic heterocycles. The van der Waals surface area contributed by atoms with Gasteiger partial charge in [0.1, 0.15) is 12.6 Å². The largest absolute Gasteiger partial charge is 0.480 e. The lowest BCUT2D eigenvalue weighted by Crippen LogP contribution is -2.51. The van der Waals surface area contributed by atoms with Gasteiger partial charge in [-0.3, -0.25) is 19.3 Å². The highest BCUT2D eigenvalue weighted by Crippen LogP contribution is 2.32. The van der Waals surface area contributed by atoms with E-state index in [1.54, 1.807) is 6.08 Å². The van der Waals surface area contributed by atoms with Crippen LogP contribution in [0.15, 0.2) is 35.2 Å². The molecule has 1 aromatic carbocycles. The van der Waals surface area contributed by atoms with Crippen LogP contribution in [0.4, 0.5) is 4.79 Å². The second-order valence-electron chi connectivity index (χ2n) is 6.12. The molecule has 1 aromatic rings. The Morgan fingerprint density at radius 1 is 1.19 bits per heavy atom. The first-order valence-corrected chi connectivity index (χ1v) is 9.11. The van der Waals surface area contributed by atoms with Gasteiger partial charge in [0.15, 0.2) is 0 Å². The van der Waals surface area contributed by atoms with Gasteiger partial charge in [-0.15, -0.1) is 0 Å². The van der Waals surface area contributed by atoms with Gasteiger partial charge in [0.2, 0.25) is 5.91 Å². The average molecular weight is 374 g/mol. The molecule has 2 aliphatic heterocycles. The lowest BCUT2D eigenvalue weighted by Gasteiger charge is -2.33. The molecule has 2 saturated heterocycles. The fourth-order valence-corrected chi connectivity index (χ4v) is 3.89. The molecule has 0 bridgehead atoms. The molecule has 136 valence electrons. The number of benzene rings is 1. The lowest BCUT2D eigenvalue weighted by atomic mass is 10.0. The predicted octanol–water partition coefficient (Wildman–Crippen LogP) is 2.19. The molecule has 2 aliphatic rings. The molecule has 2 fully saturated rings. The van der Waals surface area contributed by atoms with Gasteiger partial charge in [0, 0.05) is 6.54 Å². The Bertz CT molecular complexity index is 777. The highest BCUT2D eigenvalue weighted by atomic mass is 32.2. The van der Waals surface area contributed by atoms with Crippen molar-refractivity contribution in [3.05, 3.63) is 40.8 Å². The molecule has 0 radical (unpaired) electrons. The summed E-state index contributed by atoms with van der Waals surface area (Å²) in [5.41, 5.74) is 0.784. The molecule has 2 heterocycles. The summed E-state index contributed by atoms with van der Waals surface area (Å²) in [6.45, 7) is -0.105. The molecule has 3 rings (SSSR count). The summed E-state index contributed by atoms with van der Waals surface area (Å²) >= 11 is 0.784. The molecule has 7 nitrogen and oxygen atoms in total. The van der Waals surface area contributed by atoms with Crippen LogP contribution in [0.1, 0.15) is 24.8 Å². The normalized spacial score (nSPS) is 22.2. The number of thioether (sulfide) groups is 1. The van der Waals surface area contributed by atoms with Crippen molar-refractivity contribution in [2.45, 2.75) is 25.3 Å². The predicted molar refractivity (Wildman–Crippen MR) is 96.1 cm³/mol. The van der Waals surface area contributed by atoms with Gasteiger partial charge in [-0.2, -0.15) is 0 Å². The van der Waals surface area contributed by atoms with E-state index in [9.17, 15) is 24.3 Å². The summed E-state index contributed by atoms with van der Waals surface area (Å²) in [5, 5.41) is 8.75. The first-order valence-electron chi connectivity index (χ1n) is 8.30. The van der Waals surface area contributed by atoms with Crippen molar-refractivity contribution >= 4 is 40.9 Å². The van der Waals surface area contributed by atoms with Crippen molar-refractivity contribution in [2.24, 2.45) is 0 Å². The van der Waals surface area contributed by atoms with Gasteiger partial charge in [0.25, 0.3) is 11.1 Å². The topological polar surface area (TPSA) is 95.0 Å². The van der Waals surface area contributed by atoms with Crippen LogP contribution >= 0.6 is 11.8 Å². The molecule has 1 unspecified atom stereocenters. The number of amides is 3. The SMILES string of the molecule is O=C(O)C1CCCCN1C(=O)CN1C(=O)S/C(=C/c2ccccc2)C1=O. The minimum absolute atomic E-state index is 0.252. The number of aliphatic carboxylic acids is 1. The van der Waals surface area contributed by atoms with Gasteiger partial charge in [0.05, 0.1) is 4.91 Å². The number of carboxylic acid groups (broad SMARTS) is 1. The van der Waals surface area contributed by atoms with Crippen LogP contribution in [0, 0.1) is 0 Å². The minimum atomic E-state index is -1.06. The van der Waals surface area contributed by atoms with E-state index in [0.29, 0.717) is 19.4 Å². The van der Waals surface area contributed by atoms with Crippen LogP contribution in [-0.4, -0.2) is 57.1 Å². The Labute approximate surface area is 154 Å². The molecule has 8 heteroatoms. The zero-order valence-electron chi connectivity index (χ0n) is 14.0. The number of carboxylic acids is 1. The molecule has 26 heavy (non-hydrogen) atoms. The second kappa shape index (κ2) is 7.74. The number of piperidine rings is 1. The number of carbonyl (C=O) groups is 4.